The second-order valence-corrected chi connectivity index (χ2v) is 8.47. The van der Waals surface area contributed by atoms with Gasteiger partial charge in [0, 0.05) is 13.1 Å². The Balaban J connectivity index is 1.62. The van der Waals surface area contributed by atoms with E-state index in [2.05, 4.69) is 39.5 Å². The van der Waals surface area contributed by atoms with Gasteiger partial charge in [-0.2, -0.15) is 0 Å². The Morgan fingerprint density at radius 2 is 1.54 bits per heavy atom. The average Bonchev–Trinajstić information content (AvgIpc) is 2.96. The van der Waals surface area contributed by atoms with Crippen molar-refractivity contribution in [3.05, 3.63) is 30.1 Å². The summed E-state index contributed by atoms with van der Waals surface area (Å²) in [6, 6.07) is 8.51. The predicted molar refractivity (Wildman–Crippen MR) is 113 cm³/mol. The van der Waals surface area contributed by atoms with Gasteiger partial charge < -0.3 is 9.47 Å². The van der Waals surface area contributed by atoms with Gasteiger partial charge in [0.2, 0.25) is 5.91 Å². The Morgan fingerprint density at radius 3 is 2.21 bits per heavy atom. The van der Waals surface area contributed by atoms with E-state index in [0.29, 0.717) is 6.54 Å². The summed E-state index contributed by atoms with van der Waals surface area (Å²) in [5, 5.41) is 0. The summed E-state index contributed by atoms with van der Waals surface area (Å²) in [6.07, 6.45) is 9.93. The quantitative estimate of drug-likeness (QED) is 0.788. The van der Waals surface area contributed by atoms with Crippen molar-refractivity contribution in [2.45, 2.75) is 70.9 Å². The van der Waals surface area contributed by atoms with Crippen LogP contribution in [-0.2, 0) is 11.3 Å². The maximum atomic E-state index is 13.1. The van der Waals surface area contributed by atoms with Gasteiger partial charge in [0.15, 0.2) is 0 Å². The Labute approximate surface area is 168 Å². The predicted octanol–water partition coefficient (Wildman–Crippen LogP) is 4.38. The highest BCUT2D eigenvalue weighted by Gasteiger charge is 2.25. The molecule has 152 valence electrons. The van der Waals surface area contributed by atoms with Crippen molar-refractivity contribution < 1.29 is 4.79 Å². The van der Waals surface area contributed by atoms with Crippen LogP contribution in [0.2, 0.25) is 0 Å². The monoisotopic (exact) mass is 382 g/mol. The Kier molecular flexibility index (Phi) is 6.30. The first-order chi connectivity index (χ1) is 13.7. The Morgan fingerprint density at radius 1 is 0.929 bits per heavy atom. The standard InChI is InChI=1S/C23H34N4O/c1-19(25-14-8-2-3-9-15-25)23-24-20-12-6-7-13-21(20)27(23)18-22(28)26-16-10-4-5-11-17-26/h6-7,12-13,19H,2-5,8-11,14-18H2,1H3. The molecule has 2 aromatic rings. The highest BCUT2D eigenvalue weighted by atomic mass is 16.2. The molecule has 1 unspecified atom stereocenters. The van der Waals surface area contributed by atoms with Gasteiger partial charge in [-0.1, -0.05) is 37.8 Å². The van der Waals surface area contributed by atoms with Gasteiger partial charge in [-0.25, -0.2) is 4.98 Å². The van der Waals surface area contributed by atoms with Gasteiger partial charge in [0.1, 0.15) is 12.4 Å². The topological polar surface area (TPSA) is 41.4 Å². The summed E-state index contributed by atoms with van der Waals surface area (Å²) >= 11 is 0. The summed E-state index contributed by atoms with van der Waals surface area (Å²) in [6.45, 7) is 6.74. The number of carbonyl (C=O) groups excluding carboxylic acids is 1. The molecule has 0 aliphatic carbocycles. The molecule has 0 bridgehead atoms. The van der Waals surface area contributed by atoms with Crippen molar-refractivity contribution in [2.24, 2.45) is 0 Å². The fourth-order valence-corrected chi connectivity index (χ4v) is 4.78. The van der Waals surface area contributed by atoms with Crippen molar-refractivity contribution in [2.75, 3.05) is 26.2 Å². The molecule has 4 rings (SSSR count). The van der Waals surface area contributed by atoms with Crippen LogP contribution < -0.4 is 0 Å². The van der Waals surface area contributed by atoms with E-state index >= 15 is 0 Å². The van der Waals surface area contributed by atoms with Crippen LogP contribution in [0.3, 0.4) is 0 Å². The number of nitrogens with zero attached hydrogens (tertiary/aromatic N) is 4. The van der Waals surface area contributed by atoms with Crippen molar-refractivity contribution in [3.8, 4) is 0 Å². The molecule has 28 heavy (non-hydrogen) atoms. The van der Waals surface area contributed by atoms with E-state index in [1.165, 1.54) is 38.5 Å². The number of para-hydroxylation sites is 2. The first-order valence-corrected chi connectivity index (χ1v) is 11.2. The first-order valence-electron chi connectivity index (χ1n) is 11.2. The number of likely N-dealkylation sites (tertiary alicyclic amines) is 2. The van der Waals surface area contributed by atoms with E-state index in [-0.39, 0.29) is 11.9 Å². The number of hydrogen-bond donors (Lipinski definition) is 0. The third-order valence-electron chi connectivity index (χ3n) is 6.50. The lowest BCUT2D eigenvalue weighted by Crippen LogP contribution is -2.36. The maximum Gasteiger partial charge on any atom is 0.242 e. The van der Waals surface area contributed by atoms with Crippen molar-refractivity contribution >= 4 is 16.9 Å². The van der Waals surface area contributed by atoms with Crippen molar-refractivity contribution in [1.82, 2.24) is 19.4 Å². The number of aromatic nitrogens is 2. The van der Waals surface area contributed by atoms with Crippen LogP contribution in [0.15, 0.2) is 24.3 Å². The molecule has 0 spiro atoms. The molecule has 0 radical (unpaired) electrons. The van der Waals surface area contributed by atoms with Crippen LogP contribution in [0.5, 0.6) is 0 Å². The third-order valence-corrected chi connectivity index (χ3v) is 6.50. The van der Waals surface area contributed by atoms with Crippen LogP contribution in [-0.4, -0.2) is 51.4 Å². The molecule has 2 aliphatic rings. The molecular formula is C23H34N4O. The second-order valence-electron chi connectivity index (χ2n) is 8.47. The largest absolute Gasteiger partial charge is 0.341 e. The van der Waals surface area contributed by atoms with E-state index in [9.17, 15) is 4.79 Å². The molecule has 0 N–H and O–H groups in total. The number of amides is 1. The molecule has 1 aromatic carbocycles. The molecule has 0 saturated carbocycles. The Hall–Kier alpha value is -1.88. The third kappa shape index (κ3) is 4.24. The highest BCUT2D eigenvalue weighted by molar-refractivity contribution is 5.81. The molecule has 5 heteroatoms. The molecular weight excluding hydrogens is 348 g/mol. The number of hydrogen-bond acceptors (Lipinski definition) is 3. The SMILES string of the molecule is CC(c1nc2ccccc2n1CC(=O)N1CCCCCC1)N1CCCCCC1. The van der Waals surface area contributed by atoms with Gasteiger partial charge in [-0.3, -0.25) is 9.69 Å². The fourth-order valence-electron chi connectivity index (χ4n) is 4.78. The number of imidazole rings is 1. The summed E-state index contributed by atoms with van der Waals surface area (Å²) in [7, 11) is 0. The lowest BCUT2D eigenvalue weighted by molar-refractivity contribution is -0.131. The van der Waals surface area contributed by atoms with Gasteiger partial charge in [-0.05, 0) is 57.8 Å². The molecule has 1 aromatic heterocycles. The lowest BCUT2D eigenvalue weighted by Gasteiger charge is -2.28. The molecule has 5 nitrogen and oxygen atoms in total. The first kappa shape index (κ1) is 19.4. The van der Waals surface area contributed by atoms with Gasteiger partial charge >= 0.3 is 0 Å². The second kappa shape index (κ2) is 9.08. The molecule has 3 heterocycles. The van der Waals surface area contributed by atoms with Crippen LogP contribution in [0.1, 0.15) is 70.2 Å². The average molecular weight is 383 g/mol. The van der Waals surface area contributed by atoms with Crippen LogP contribution in [0.4, 0.5) is 0 Å². The normalized spacial score (nSPS) is 20.7. The zero-order chi connectivity index (χ0) is 19.3. The van der Waals surface area contributed by atoms with E-state index in [4.69, 9.17) is 4.98 Å². The Bertz CT molecular complexity index is 783. The number of benzene rings is 1. The minimum atomic E-state index is 0.238. The molecule has 2 saturated heterocycles. The van der Waals surface area contributed by atoms with Crippen LogP contribution in [0.25, 0.3) is 11.0 Å². The van der Waals surface area contributed by atoms with Crippen molar-refractivity contribution in [3.63, 3.8) is 0 Å². The lowest BCUT2D eigenvalue weighted by atomic mass is 10.2. The van der Waals surface area contributed by atoms with E-state index in [1.807, 2.05) is 6.07 Å². The highest BCUT2D eigenvalue weighted by Crippen LogP contribution is 2.27. The minimum Gasteiger partial charge on any atom is -0.341 e. The summed E-state index contributed by atoms with van der Waals surface area (Å²) < 4.78 is 2.19. The van der Waals surface area contributed by atoms with E-state index in [0.717, 1.165) is 55.9 Å². The van der Waals surface area contributed by atoms with Crippen molar-refractivity contribution in [1.29, 1.82) is 0 Å². The summed E-state index contributed by atoms with van der Waals surface area (Å²) in [5.41, 5.74) is 2.09. The summed E-state index contributed by atoms with van der Waals surface area (Å²) in [5.74, 6) is 1.29. The molecule has 1 atom stereocenters. The van der Waals surface area contributed by atoms with Gasteiger partial charge in [0.05, 0.1) is 17.1 Å². The van der Waals surface area contributed by atoms with Gasteiger partial charge in [-0.15, -0.1) is 0 Å². The molecule has 2 aliphatic heterocycles. The number of fused-ring (bicyclic) bond motifs is 1. The van der Waals surface area contributed by atoms with E-state index < -0.39 is 0 Å². The zero-order valence-electron chi connectivity index (χ0n) is 17.3. The fraction of sp³-hybridized carbons (Fsp3) is 0.652. The smallest absolute Gasteiger partial charge is 0.242 e. The maximum absolute atomic E-state index is 13.1. The molecule has 1 amide bonds. The van der Waals surface area contributed by atoms with Crippen LogP contribution in [0, 0.1) is 0 Å². The minimum absolute atomic E-state index is 0.238. The summed E-state index contributed by atoms with van der Waals surface area (Å²) in [4.78, 5) is 22.7. The number of rotatable bonds is 4. The number of carbonyl (C=O) groups is 1. The molecule has 2 fully saturated rings. The van der Waals surface area contributed by atoms with E-state index in [1.54, 1.807) is 0 Å². The van der Waals surface area contributed by atoms with Gasteiger partial charge in [0.25, 0.3) is 0 Å². The van der Waals surface area contributed by atoms with Crippen LogP contribution >= 0.6 is 0 Å². The zero-order valence-corrected chi connectivity index (χ0v) is 17.3.